The van der Waals surface area contributed by atoms with Crippen LogP contribution in [0.3, 0.4) is 0 Å². The molecule has 0 spiro atoms. The molecule has 6 nitrogen and oxygen atoms in total. The topological polar surface area (TPSA) is 64.1 Å². The van der Waals surface area contributed by atoms with Gasteiger partial charge in [-0.1, -0.05) is 12.1 Å². The van der Waals surface area contributed by atoms with E-state index in [0.29, 0.717) is 0 Å². The summed E-state index contributed by atoms with van der Waals surface area (Å²) < 4.78 is 16.3. The Morgan fingerprint density at radius 1 is 1.23 bits per heavy atom. The third-order valence-electron chi connectivity index (χ3n) is 4.25. The summed E-state index contributed by atoms with van der Waals surface area (Å²) in [7, 11) is 1.69. The Bertz CT molecular complexity index is 514. The van der Waals surface area contributed by atoms with Gasteiger partial charge in [-0.3, -0.25) is 4.99 Å². The molecule has 0 aliphatic carbocycles. The number of aryl methyl sites for hydroxylation is 1. The number of hydrogen-bond acceptors (Lipinski definition) is 4. The molecular weight excluding hydrogens is 330 g/mol. The Hall–Kier alpha value is -1.79. The van der Waals surface area contributed by atoms with E-state index in [9.17, 15) is 0 Å². The lowest BCUT2D eigenvalue weighted by Crippen LogP contribution is -2.38. The molecule has 1 saturated heterocycles. The van der Waals surface area contributed by atoms with Gasteiger partial charge in [-0.2, -0.15) is 0 Å². The van der Waals surface area contributed by atoms with E-state index < -0.39 is 0 Å². The highest BCUT2D eigenvalue weighted by Crippen LogP contribution is 2.12. The van der Waals surface area contributed by atoms with Gasteiger partial charge in [0.15, 0.2) is 5.96 Å². The number of hydrogen-bond donors (Lipinski definition) is 2. The molecule has 26 heavy (non-hydrogen) atoms. The third kappa shape index (κ3) is 8.06. The van der Waals surface area contributed by atoms with Crippen LogP contribution in [0.1, 0.15) is 31.7 Å². The number of benzene rings is 1. The average Bonchev–Trinajstić information content (AvgIpc) is 3.18. The van der Waals surface area contributed by atoms with Crippen molar-refractivity contribution in [1.82, 2.24) is 10.6 Å². The van der Waals surface area contributed by atoms with E-state index >= 15 is 0 Å². The van der Waals surface area contributed by atoms with E-state index in [-0.39, 0.29) is 6.10 Å². The van der Waals surface area contributed by atoms with Crippen molar-refractivity contribution in [2.45, 2.75) is 38.7 Å². The maximum Gasteiger partial charge on any atom is 0.191 e. The van der Waals surface area contributed by atoms with Crippen LogP contribution in [-0.4, -0.2) is 58.6 Å². The van der Waals surface area contributed by atoms with Gasteiger partial charge in [0.05, 0.1) is 19.8 Å². The van der Waals surface area contributed by atoms with Gasteiger partial charge in [-0.15, -0.1) is 0 Å². The molecule has 0 radical (unpaired) electrons. The summed E-state index contributed by atoms with van der Waals surface area (Å²) in [6.45, 7) is 6.94. The quantitative estimate of drug-likeness (QED) is 0.359. The SMILES string of the molecule is CCNC(=NCCCc1ccc(OC)cc1)NCCCOC1CCOC1. The molecule has 6 heteroatoms. The zero-order valence-corrected chi connectivity index (χ0v) is 16.1. The van der Waals surface area contributed by atoms with Crippen molar-refractivity contribution in [2.24, 2.45) is 4.99 Å². The van der Waals surface area contributed by atoms with Crippen molar-refractivity contribution in [1.29, 1.82) is 0 Å². The number of rotatable bonds is 11. The number of guanidine groups is 1. The van der Waals surface area contributed by atoms with E-state index in [1.165, 1.54) is 5.56 Å². The van der Waals surface area contributed by atoms with Crippen LogP contribution in [0.15, 0.2) is 29.3 Å². The second kappa shape index (κ2) is 12.5. The Morgan fingerprint density at radius 3 is 2.77 bits per heavy atom. The molecule has 1 aromatic rings. The van der Waals surface area contributed by atoms with Gasteiger partial charge >= 0.3 is 0 Å². The summed E-state index contributed by atoms with van der Waals surface area (Å²) in [5.74, 6) is 1.78. The van der Waals surface area contributed by atoms with Crippen LogP contribution in [0, 0.1) is 0 Å². The van der Waals surface area contributed by atoms with Crippen molar-refractivity contribution in [3.63, 3.8) is 0 Å². The molecular formula is C20H33N3O3. The largest absolute Gasteiger partial charge is 0.497 e. The molecule has 0 bridgehead atoms. The minimum atomic E-state index is 0.287. The molecule has 2 rings (SSSR count). The Morgan fingerprint density at radius 2 is 2.08 bits per heavy atom. The molecule has 1 aliphatic heterocycles. The predicted octanol–water partition coefficient (Wildman–Crippen LogP) is 2.38. The van der Waals surface area contributed by atoms with Gasteiger partial charge in [0, 0.05) is 32.8 Å². The first-order chi connectivity index (χ1) is 12.8. The lowest BCUT2D eigenvalue weighted by Gasteiger charge is -2.13. The van der Waals surface area contributed by atoms with Gasteiger partial charge in [-0.25, -0.2) is 0 Å². The standard InChI is InChI=1S/C20H33N3O3/c1-3-21-20(23-13-5-14-26-19-11-15-25-16-19)22-12-4-6-17-7-9-18(24-2)10-8-17/h7-10,19H,3-6,11-16H2,1-2H3,(H2,21,22,23). The maximum absolute atomic E-state index is 5.77. The van der Waals surface area contributed by atoms with Gasteiger partial charge < -0.3 is 24.8 Å². The van der Waals surface area contributed by atoms with Gasteiger partial charge in [0.25, 0.3) is 0 Å². The highest BCUT2D eigenvalue weighted by atomic mass is 16.5. The van der Waals surface area contributed by atoms with Crippen LogP contribution in [-0.2, 0) is 15.9 Å². The van der Waals surface area contributed by atoms with E-state index in [2.05, 4.69) is 34.7 Å². The number of nitrogens with zero attached hydrogens (tertiary/aromatic N) is 1. The molecule has 1 aliphatic rings. The van der Waals surface area contributed by atoms with E-state index in [4.69, 9.17) is 14.2 Å². The Labute approximate surface area is 157 Å². The fraction of sp³-hybridized carbons (Fsp3) is 0.650. The maximum atomic E-state index is 5.77. The van der Waals surface area contributed by atoms with Crippen molar-refractivity contribution in [3.8, 4) is 5.75 Å². The van der Waals surface area contributed by atoms with Crippen molar-refractivity contribution < 1.29 is 14.2 Å². The normalized spacial score (nSPS) is 17.3. The number of methoxy groups -OCH3 is 1. The number of aliphatic imine (C=N–C) groups is 1. The van der Waals surface area contributed by atoms with Crippen molar-refractivity contribution in [2.75, 3.05) is 46.6 Å². The first kappa shape index (κ1) is 20.5. The lowest BCUT2D eigenvalue weighted by atomic mass is 10.1. The van der Waals surface area contributed by atoms with Crippen molar-refractivity contribution in [3.05, 3.63) is 29.8 Å². The smallest absolute Gasteiger partial charge is 0.191 e. The zero-order valence-electron chi connectivity index (χ0n) is 16.1. The molecule has 0 saturated carbocycles. The summed E-state index contributed by atoms with van der Waals surface area (Å²) in [6.07, 6.45) is 4.31. The Balaban J connectivity index is 1.60. The summed E-state index contributed by atoms with van der Waals surface area (Å²) in [5.41, 5.74) is 1.31. The molecule has 1 atom stereocenters. The van der Waals surface area contributed by atoms with Crippen LogP contribution in [0.25, 0.3) is 0 Å². The first-order valence-electron chi connectivity index (χ1n) is 9.66. The summed E-state index contributed by atoms with van der Waals surface area (Å²) in [4.78, 5) is 4.65. The number of ether oxygens (including phenoxy) is 3. The van der Waals surface area contributed by atoms with Crippen LogP contribution in [0.5, 0.6) is 5.75 Å². The van der Waals surface area contributed by atoms with Crippen LogP contribution in [0.4, 0.5) is 0 Å². The van der Waals surface area contributed by atoms with Crippen LogP contribution in [0.2, 0.25) is 0 Å². The molecule has 0 amide bonds. The molecule has 0 aromatic heterocycles. The average molecular weight is 364 g/mol. The monoisotopic (exact) mass is 363 g/mol. The van der Waals surface area contributed by atoms with E-state index in [0.717, 1.165) is 76.8 Å². The zero-order chi connectivity index (χ0) is 18.5. The van der Waals surface area contributed by atoms with E-state index in [1.54, 1.807) is 7.11 Å². The highest BCUT2D eigenvalue weighted by molar-refractivity contribution is 5.79. The summed E-state index contributed by atoms with van der Waals surface area (Å²) in [5, 5.41) is 6.66. The molecule has 1 fully saturated rings. The number of nitrogens with one attached hydrogen (secondary N) is 2. The third-order valence-corrected chi connectivity index (χ3v) is 4.25. The second-order valence-electron chi connectivity index (χ2n) is 6.35. The Kier molecular flexibility index (Phi) is 9.90. The van der Waals surface area contributed by atoms with Gasteiger partial charge in [0.2, 0.25) is 0 Å². The van der Waals surface area contributed by atoms with Crippen molar-refractivity contribution >= 4 is 5.96 Å². The summed E-state index contributed by atoms with van der Waals surface area (Å²) in [6, 6.07) is 8.23. The first-order valence-corrected chi connectivity index (χ1v) is 9.66. The minimum Gasteiger partial charge on any atom is -0.497 e. The molecule has 1 unspecified atom stereocenters. The summed E-state index contributed by atoms with van der Waals surface area (Å²) >= 11 is 0. The van der Waals surface area contributed by atoms with Crippen LogP contribution >= 0.6 is 0 Å². The minimum absolute atomic E-state index is 0.287. The van der Waals surface area contributed by atoms with Gasteiger partial charge in [0.1, 0.15) is 5.75 Å². The molecule has 1 heterocycles. The fourth-order valence-corrected chi connectivity index (χ4v) is 2.78. The second-order valence-corrected chi connectivity index (χ2v) is 6.35. The molecule has 1 aromatic carbocycles. The molecule has 2 N–H and O–H groups in total. The molecule has 146 valence electrons. The fourth-order valence-electron chi connectivity index (χ4n) is 2.78. The predicted molar refractivity (Wildman–Crippen MR) is 105 cm³/mol. The van der Waals surface area contributed by atoms with E-state index in [1.807, 2.05) is 12.1 Å². The van der Waals surface area contributed by atoms with Crippen LogP contribution < -0.4 is 15.4 Å². The highest BCUT2D eigenvalue weighted by Gasteiger charge is 2.15. The lowest BCUT2D eigenvalue weighted by molar-refractivity contribution is 0.0420. The van der Waals surface area contributed by atoms with Gasteiger partial charge in [-0.05, 0) is 50.3 Å².